The number of benzene rings is 1. The number of aldehydes is 1. The van der Waals surface area contributed by atoms with Crippen LogP contribution in [-0.2, 0) is 16.1 Å². The van der Waals surface area contributed by atoms with Crippen molar-refractivity contribution in [2.75, 3.05) is 0 Å². The van der Waals surface area contributed by atoms with Gasteiger partial charge in [0.2, 0.25) is 0 Å². The van der Waals surface area contributed by atoms with Crippen molar-refractivity contribution in [3.8, 4) is 0 Å². The maximum Gasteiger partial charge on any atom is 0.338 e. The lowest BCUT2D eigenvalue weighted by molar-refractivity contribution is -0.130. The van der Waals surface area contributed by atoms with E-state index in [1.165, 1.54) is 12.1 Å². The smallest absolute Gasteiger partial charge is 0.338 e. The molecule has 1 aliphatic rings. The highest BCUT2D eigenvalue weighted by atomic mass is 19.1. The minimum Gasteiger partial charge on any atom is -0.478 e. The first-order valence-electron chi connectivity index (χ1n) is 5.86. The third-order valence-corrected chi connectivity index (χ3v) is 3.23. The quantitative estimate of drug-likeness (QED) is 0.846. The number of nitrogens with zero attached hydrogens (tertiary/aromatic N) is 1. The summed E-state index contributed by atoms with van der Waals surface area (Å²) in [6.07, 6.45) is 0.640. The number of halogens is 1. The van der Waals surface area contributed by atoms with Gasteiger partial charge in [0, 0.05) is 11.1 Å². The molecule has 0 fully saturated rings. The molecule has 0 spiro atoms. The normalized spacial score (nSPS) is 15.5. The number of aryl methyl sites for hydroxylation is 1. The summed E-state index contributed by atoms with van der Waals surface area (Å²) in [5.41, 5.74) is 1.44. The molecule has 1 atom stereocenters. The molecule has 4 nitrogen and oxygen atoms in total. The molecule has 19 heavy (non-hydrogen) atoms. The van der Waals surface area contributed by atoms with E-state index in [1.807, 2.05) is 0 Å². The van der Waals surface area contributed by atoms with Gasteiger partial charge in [-0.05, 0) is 18.6 Å². The maximum atomic E-state index is 13.8. The minimum atomic E-state index is -1.19. The highest BCUT2D eigenvalue weighted by molar-refractivity contribution is 6.18. The van der Waals surface area contributed by atoms with Crippen LogP contribution in [0.3, 0.4) is 0 Å². The van der Waals surface area contributed by atoms with Crippen LogP contribution in [-0.4, -0.2) is 17.4 Å². The van der Waals surface area contributed by atoms with Crippen molar-refractivity contribution in [3.63, 3.8) is 0 Å². The van der Waals surface area contributed by atoms with Gasteiger partial charge in [0.1, 0.15) is 12.1 Å². The second-order valence-corrected chi connectivity index (χ2v) is 4.52. The van der Waals surface area contributed by atoms with Crippen LogP contribution in [0.2, 0.25) is 0 Å². The largest absolute Gasteiger partial charge is 0.478 e. The Morgan fingerprint density at radius 1 is 1.53 bits per heavy atom. The summed E-state index contributed by atoms with van der Waals surface area (Å²) in [4.78, 5) is 22.3. The molecule has 2 rings (SSSR count). The van der Waals surface area contributed by atoms with Gasteiger partial charge in [0.25, 0.3) is 0 Å². The molecular weight excluding hydrogens is 249 g/mol. The van der Waals surface area contributed by atoms with Gasteiger partial charge >= 0.3 is 5.97 Å². The SMILES string of the molecule is Cc1ccc(F)c2c1C(C(=O)O)=C([C@H](C)C=O)[N]C2. The van der Waals surface area contributed by atoms with Crippen LogP contribution >= 0.6 is 0 Å². The van der Waals surface area contributed by atoms with E-state index in [4.69, 9.17) is 0 Å². The molecule has 1 aromatic carbocycles. The Hall–Kier alpha value is -2.17. The minimum absolute atomic E-state index is 0.0626. The summed E-state index contributed by atoms with van der Waals surface area (Å²) in [5.74, 6) is -2.29. The lowest BCUT2D eigenvalue weighted by atomic mass is 9.87. The second-order valence-electron chi connectivity index (χ2n) is 4.52. The Morgan fingerprint density at radius 3 is 2.79 bits per heavy atom. The van der Waals surface area contributed by atoms with E-state index in [-0.39, 0.29) is 23.4 Å². The van der Waals surface area contributed by atoms with Crippen molar-refractivity contribution in [3.05, 3.63) is 40.3 Å². The van der Waals surface area contributed by atoms with E-state index in [0.29, 0.717) is 17.4 Å². The molecule has 1 heterocycles. The fraction of sp³-hybridized carbons (Fsp3) is 0.286. The van der Waals surface area contributed by atoms with Gasteiger partial charge in [0.15, 0.2) is 0 Å². The van der Waals surface area contributed by atoms with Gasteiger partial charge in [-0.2, -0.15) is 0 Å². The summed E-state index contributed by atoms with van der Waals surface area (Å²) in [6.45, 7) is 3.36. The third kappa shape index (κ3) is 2.12. The van der Waals surface area contributed by atoms with E-state index in [9.17, 15) is 19.1 Å². The van der Waals surface area contributed by atoms with Crippen LogP contribution in [0.15, 0.2) is 17.8 Å². The van der Waals surface area contributed by atoms with Crippen molar-refractivity contribution in [2.45, 2.75) is 20.4 Å². The van der Waals surface area contributed by atoms with Gasteiger partial charge in [-0.15, -0.1) is 0 Å². The summed E-state index contributed by atoms with van der Waals surface area (Å²) in [6, 6.07) is 2.84. The molecule has 0 saturated carbocycles. The molecule has 0 aliphatic carbocycles. The molecule has 1 radical (unpaired) electrons. The molecule has 0 aromatic heterocycles. The van der Waals surface area contributed by atoms with Crippen LogP contribution in [0.5, 0.6) is 0 Å². The van der Waals surface area contributed by atoms with Crippen LogP contribution < -0.4 is 5.32 Å². The Balaban J connectivity index is 2.76. The number of carboxylic acid groups (broad SMARTS) is 1. The van der Waals surface area contributed by atoms with E-state index in [0.717, 1.165) is 0 Å². The summed E-state index contributed by atoms with van der Waals surface area (Å²) >= 11 is 0. The second kappa shape index (κ2) is 4.84. The molecule has 0 amide bonds. The summed E-state index contributed by atoms with van der Waals surface area (Å²) in [7, 11) is 0. The lowest BCUT2D eigenvalue weighted by Gasteiger charge is -2.24. The van der Waals surface area contributed by atoms with Crippen molar-refractivity contribution < 1.29 is 19.1 Å². The molecule has 99 valence electrons. The topological polar surface area (TPSA) is 68.5 Å². The molecule has 0 unspecified atom stereocenters. The number of hydrogen-bond acceptors (Lipinski definition) is 2. The monoisotopic (exact) mass is 262 g/mol. The highest BCUT2D eigenvalue weighted by Gasteiger charge is 2.30. The average molecular weight is 262 g/mol. The predicted octanol–water partition coefficient (Wildman–Crippen LogP) is 1.88. The molecule has 0 saturated heterocycles. The molecule has 1 aromatic rings. The first kappa shape index (κ1) is 13.3. The van der Waals surface area contributed by atoms with E-state index in [2.05, 4.69) is 5.32 Å². The Morgan fingerprint density at radius 2 is 2.21 bits per heavy atom. The zero-order chi connectivity index (χ0) is 14.2. The van der Waals surface area contributed by atoms with Crippen LogP contribution in [0.25, 0.3) is 5.57 Å². The average Bonchev–Trinajstić information content (AvgIpc) is 2.40. The first-order chi connectivity index (χ1) is 8.97. The van der Waals surface area contributed by atoms with E-state index < -0.39 is 17.7 Å². The van der Waals surface area contributed by atoms with Crippen LogP contribution in [0, 0.1) is 18.7 Å². The predicted molar refractivity (Wildman–Crippen MR) is 66.8 cm³/mol. The number of fused-ring (bicyclic) bond motifs is 1. The number of carboxylic acids is 1. The standard InChI is InChI=1S/C14H13FNO3/c1-7-3-4-10(15)9-5-16-13(8(2)6-17)12(11(7)9)14(18)19/h3-4,6,8H,5H2,1-2H3,(H,18,19)/t8-/m1/s1. The number of carbonyl (C=O) groups excluding carboxylic acids is 1. The molecule has 0 bridgehead atoms. The van der Waals surface area contributed by atoms with Crippen LogP contribution in [0.1, 0.15) is 23.6 Å². The van der Waals surface area contributed by atoms with Gasteiger partial charge in [-0.1, -0.05) is 13.0 Å². The summed E-state index contributed by atoms with van der Waals surface area (Å²) < 4.78 is 13.8. The number of hydrogen-bond donors (Lipinski definition) is 1. The van der Waals surface area contributed by atoms with E-state index in [1.54, 1.807) is 13.8 Å². The fourth-order valence-corrected chi connectivity index (χ4v) is 2.27. The van der Waals surface area contributed by atoms with Crippen LogP contribution in [0.4, 0.5) is 4.39 Å². The third-order valence-electron chi connectivity index (χ3n) is 3.23. The van der Waals surface area contributed by atoms with Crippen molar-refractivity contribution in [1.29, 1.82) is 0 Å². The number of carbonyl (C=O) groups is 2. The first-order valence-corrected chi connectivity index (χ1v) is 5.86. The van der Waals surface area contributed by atoms with Crippen molar-refractivity contribution >= 4 is 17.8 Å². The Labute approximate surface area is 109 Å². The molecule has 5 heteroatoms. The lowest BCUT2D eigenvalue weighted by Crippen LogP contribution is -2.25. The summed E-state index contributed by atoms with van der Waals surface area (Å²) in [5, 5.41) is 13.4. The molecule has 1 N–H and O–H groups in total. The zero-order valence-electron chi connectivity index (χ0n) is 10.6. The molecule has 1 aliphatic heterocycles. The van der Waals surface area contributed by atoms with Gasteiger partial charge < -0.3 is 9.90 Å². The van der Waals surface area contributed by atoms with Gasteiger partial charge in [0.05, 0.1) is 23.7 Å². The van der Waals surface area contributed by atoms with Crippen molar-refractivity contribution in [2.24, 2.45) is 5.92 Å². The Bertz CT molecular complexity index is 593. The Kier molecular flexibility index (Phi) is 3.38. The van der Waals surface area contributed by atoms with E-state index >= 15 is 0 Å². The van der Waals surface area contributed by atoms with Gasteiger partial charge in [-0.25, -0.2) is 9.18 Å². The van der Waals surface area contributed by atoms with Gasteiger partial charge in [-0.3, -0.25) is 5.32 Å². The number of allylic oxidation sites excluding steroid dienone is 1. The number of rotatable bonds is 3. The molecular formula is C14H13FNO3. The number of aliphatic carboxylic acids is 1. The maximum absolute atomic E-state index is 13.8. The zero-order valence-corrected chi connectivity index (χ0v) is 10.6. The highest BCUT2D eigenvalue weighted by Crippen LogP contribution is 2.34. The fourth-order valence-electron chi connectivity index (χ4n) is 2.27. The van der Waals surface area contributed by atoms with Crippen molar-refractivity contribution in [1.82, 2.24) is 5.32 Å².